The first-order valence-electron chi connectivity index (χ1n) is 11.4. The highest BCUT2D eigenvalue weighted by molar-refractivity contribution is 5.89. The van der Waals surface area contributed by atoms with Crippen LogP contribution < -0.4 is 5.32 Å². The molecule has 3 rings (SSSR count). The van der Waals surface area contributed by atoms with Crippen LogP contribution in [0, 0.1) is 5.82 Å². The smallest absolute Gasteiger partial charge is 0.243 e. The molecule has 3 aromatic rings. The Hall–Kier alpha value is -3.47. The fourth-order valence-electron chi connectivity index (χ4n) is 3.65. The van der Waals surface area contributed by atoms with Gasteiger partial charge in [-0.2, -0.15) is 0 Å². The highest BCUT2D eigenvalue weighted by Crippen LogP contribution is 2.17. The molecule has 0 bridgehead atoms. The second kappa shape index (κ2) is 12.0. The van der Waals surface area contributed by atoms with Crippen molar-refractivity contribution in [2.24, 2.45) is 0 Å². The van der Waals surface area contributed by atoms with Crippen molar-refractivity contribution in [2.75, 3.05) is 0 Å². The van der Waals surface area contributed by atoms with Crippen molar-refractivity contribution in [1.82, 2.24) is 10.2 Å². The Morgan fingerprint density at radius 1 is 0.848 bits per heavy atom. The summed E-state index contributed by atoms with van der Waals surface area (Å²) in [5, 5.41) is 3.05. The van der Waals surface area contributed by atoms with Gasteiger partial charge in [0.1, 0.15) is 11.9 Å². The maximum atomic E-state index is 13.5. The first-order valence-corrected chi connectivity index (χ1v) is 11.4. The average Bonchev–Trinajstić information content (AvgIpc) is 2.83. The third kappa shape index (κ3) is 7.28. The van der Waals surface area contributed by atoms with E-state index in [-0.39, 0.29) is 36.6 Å². The molecule has 0 radical (unpaired) electrons. The lowest BCUT2D eigenvalue weighted by molar-refractivity contribution is -0.141. The molecule has 33 heavy (non-hydrogen) atoms. The summed E-state index contributed by atoms with van der Waals surface area (Å²) in [5.74, 6) is -0.668. The Morgan fingerprint density at radius 2 is 1.42 bits per heavy atom. The summed E-state index contributed by atoms with van der Waals surface area (Å²) >= 11 is 0. The minimum atomic E-state index is -0.692. The number of halogens is 1. The molecule has 0 unspecified atom stereocenters. The van der Waals surface area contributed by atoms with Gasteiger partial charge in [0, 0.05) is 19.0 Å². The van der Waals surface area contributed by atoms with Gasteiger partial charge in [-0.3, -0.25) is 9.59 Å². The second-order valence-corrected chi connectivity index (χ2v) is 8.33. The van der Waals surface area contributed by atoms with Crippen LogP contribution in [0.4, 0.5) is 4.39 Å². The zero-order chi connectivity index (χ0) is 23.6. The van der Waals surface area contributed by atoms with Crippen LogP contribution in [0.3, 0.4) is 0 Å². The molecule has 0 saturated carbocycles. The van der Waals surface area contributed by atoms with Gasteiger partial charge in [-0.15, -0.1) is 0 Å². The molecule has 5 heteroatoms. The quantitative estimate of drug-likeness (QED) is 0.480. The van der Waals surface area contributed by atoms with Crippen LogP contribution in [-0.4, -0.2) is 28.8 Å². The molecule has 3 aromatic carbocycles. The van der Waals surface area contributed by atoms with Crippen molar-refractivity contribution < 1.29 is 14.0 Å². The normalized spacial score (nSPS) is 12.6. The van der Waals surface area contributed by atoms with Gasteiger partial charge < -0.3 is 10.2 Å². The summed E-state index contributed by atoms with van der Waals surface area (Å²) in [6.45, 7) is 4.18. The Labute approximate surface area is 195 Å². The molecule has 0 heterocycles. The monoisotopic (exact) mass is 446 g/mol. The van der Waals surface area contributed by atoms with Gasteiger partial charge in [0.25, 0.3) is 0 Å². The van der Waals surface area contributed by atoms with Crippen molar-refractivity contribution in [1.29, 1.82) is 0 Å². The van der Waals surface area contributed by atoms with Crippen LogP contribution in [0.1, 0.15) is 37.0 Å². The molecule has 0 aromatic heterocycles. The van der Waals surface area contributed by atoms with Gasteiger partial charge in [-0.1, -0.05) is 79.7 Å². The number of benzene rings is 3. The molecular formula is C28H31FN2O2. The van der Waals surface area contributed by atoms with Gasteiger partial charge in [-0.05, 0) is 42.2 Å². The number of nitrogens with zero attached hydrogens (tertiary/aromatic N) is 1. The summed E-state index contributed by atoms with van der Waals surface area (Å²) in [6.07, 6.45) is 1.37. The Kier molecular flexibility index (Phi) is 8.76. The highest BCUT2D eigenvalue weighted by atomic mass is 19.1. The van der Waals surface area contributed by atoms with Crippen LogP contribution >= 0.6 is 0 Å². The third-order valence-corrected chi connectivity index (χ3v) is 5.74. The van der Waals surface area contributed by atoms with Crippen molar-refractivity contribution in [3.05, 3.63) is 107 Å². The van der Waals surface area contributed by atoms with E-state index in [0.29, 0.717) is 6.42 Å². The molecule has 0 aliphatic rings. The van der Waals surface area contributed by atoms with Gasteiger partial charge >= 0.3 is 0 Å². The van der Waals surface area contributed by atoms with E-state index in [1.54, 1.807) is 17.0 Å². The SMILES string of the molecule is CC[C@@H](C)NC(=O)[C@@H](Cc1ccccc1)N(Cc1ccc(F)cc1)C(=O)Cc1ccccc1. The summed E-state index contributed by atoms with van der Waals surface area (Å²) in [6, 6.07) is 24.6. The molecule has 0 aliphatic heterocycles. The zero-order valence-corrected chi connectivity index (χ0v) is 19.2. The van der Waals surface area contributed by atoms with Crippen LogP contribution in [-0.2, 0) is 29.0 Å². The maximum absolute atomic E-state index is 13.5. The Morgan fingerprint density at radius 3 is 2.00 bits per heavy atom. The van der Waals surface area contributed by atoms with Crippen molar-refractivity contribution in [2.45, 2.75) is 51.7 Å². The number of hydrogen-bond acceptors (Lipinski definition) is 2. The number of nitrogens with one attached hydrogen (secondary N) is 1. The van der Waals surface area contributed by atoms with E-state index in [1.807, 2.05) is 74.5 Å². The minimum Gasteiger partial charge on any atom is -0.352 e. The van der Waals surface area contributed by atoms with Gasteiger partial charge in [0.05, 0.1) is 6.42 Å². The van der Waals surface area contributed by atoms with Gasteiger partial charge in [0.2, 0.25) is 11.8 Å². The van der Waals surface area contributed by atoms with E-state index >= 15 is 0 Å². The average molecular weight is 447 g/mol. The lowest BCUT2D eigenvalue weighted by atomic mass is 10.0. The molecule has 0 fully saturated rings. The number of carbonyl (C=O) groups excluding carboxylic acids is 2. The van der Waals surface area contributed by atoms with Crippen molar-refractivity contribution in [3.63, 3.8) is 0 Å². The van der Waals surface area contributed by atoms with E-state index in [2.05, 4.69) is 5.32 Å². The number of rotatable bonds is 10. The maximum Gasteiger partial charge on any atom is 0.243 e. The van der Waals surface area contributed by atoms with E-state index in [4.69, 9.17) is 0 Å². The molecule has 0 spiro atoms. The Bertz CT molecular complexity index is 1020. The molecule has 1 N–H and O–H groups in total. The standard InChI is InChI=1S/C28H31FN2O2/c1-3-21(2)30-28(33)26(18-22-10-6-4-7-11-22)31(20-24-14-16-25(29)17-15-24)27(32)19-23-12-8-5-9-13-23/h4-17,21,26H,3,18-20H2,1-2H3,(H,30,33)/t21-,26-/m1/s1. The molecule has 0 saturated heterocycles. The Balaban J connectivity index is 1.95. The lowest BCUT2D eigenvalue weighted by Gasteiger charge is -2.32. The predicted molar refractivity (Wildman–Crippen MR) is 129 cm³/mol. The van der Waals surface area contributed by atoms with E-state index in [9.17, 15) is 14.0 Å². The largest absolute Gasteiger partial charge is 0.352 e. The van der Waals surface area contributed by atoms with Crippen molar-refractivity contribution in [3.8, 4) is 0 Å². The van der Waals surface area contributed by atoms with Crippen LogP contribution in [0.5, 0.6) is 0 Å². The van der Waals surface area contributed by atoms with E-state index in [1.165, 1.54) is 12.1 Å². The van der Waals surface area contributed by atoms with Crippen LogP contribution in [0.2, 0.25) is 0 Å². The highest BCUT2D eigenvalue weighted by Gasteiger charge is 2.31. The summed E-state index contributed by atoms with van der Waals surface area (Å²) in [4.78, 5) is 28.6. The topological polar surface area (TPSA) is 49.4 Å². The number of amides is 2. The second-order valence-electron chi connectivity index (χ2n) is 8.33. The number of carbonyl (C=O) groups is 2. The molecule has 2 atom stereocenters. The van der Waals surface area contributed by atoms with Crippen LogP contribution in [0.15, 0.2) is 84.9 Å². The molecular weight excluding hydrogens is 415 g/mol. The molecule has 4 nitrogen and oxygen atoms in total. The van der Waals surface area contributed by atoms with Gasteiger partial charge in [0.15, 0.2) is 0 Å². The summed E-state index contributed by atoms with van der Waals surface area (Å²) < 4.78 is 13.5. The van der Waals surface area contributed by atoms with Crippen molar-refractivity contribution >= 4 is 11.8 Å². The predicted octanol–water partition coefficient (Wildman–Crippen LogP) is 4.92. The molecule has 172 valence electrons. The minimum absolute atomic E-state index is 0.00679. The summed E-state index contributed by atoms with van der Waals surface area (Å²) in [7, 11) is 0. The fourth-order valence-corrected chi connectivity index (χ4v) is 3.65. The summed E-state index contributed by atoms with van der Waals surface area (Å²) in [5.41, 5.74) is 2.62. The van der Waals surface area contributed by atoms with Gasteiger partial charge in [-0.25, -0.2) is 4.39 Å². The molecule has 2 amide bonds. The lowest BCUT2D eigenvalue weighted by Crippen LogP contribution is -2.52. The van der Waals surface area contributed by atoms with E-state index < -0.39 is 6.04 Å². The fraction of sp³-hybridized carbons (Fsp3) is 0.286. The molecule has 0 aliphatic carbocycles. The first kappa shape index (κ1) is 24.2. The van der Waals surface area contributed by atoms with E-state index in [0.717, 1.165) is 23.1 Å². The number of hydrogen-bond donors (Lipinski definition) is 1. The first-order chi connectivity index (χ1) is 16.0. The van der Waals surface area contributed by atoms with Crippen LogP contribution in [0.25, 0.3) is 0 Å². The zero-order valence-electron chi connectivity index (χ0n) is 19.2. The third-order valence-electron chi connectivity index (χ3n) is 5.74.